The van der Waals surface area contributed by atoms with E-state index in [1.807, 2.05) is 30.3 Å². The number of amides is 1. The van der Waals surface area contributed by atoms with Crippen molar-refractivity contribution < 1.29 is 4.79 Å². The van der Waals surface area contributed by atoms with Gasteiger partial charge in [0.25, 0.3) is 5.91 Å². The SMILES string of the molecule is CNc1cccc(C(=O)NCc2ccc(Br)cc2)n1. The molecule has 2 N–H and O–H groups in total. The Morgan fingerprint density at radius 2 is 1.95 bits per heavy atom. The summed E-state index contributed by atoms with van der Waals surface area (Å²) in [6.07, 6.45) is 0. The molecule has 2 aromatic rings. The second-order valence-electron chi connectivity index (χ2n) is 3.97. The zero-order valence-electron chi connectivity index (χ0n) is 10.5. The number of pyridine rings is 1. The van der Waals surface area contributed by atoms with Gasteiger partial charge in [0.1, 0.15) is 11.5 Å². The number of hydrogen-bond acceptors (Lipinski definition) is 3. The van der Waals surface area contributed by atoms with E-state index in [0.29, 0.717) is 18.1 Å². The van der Waals surface area contributed by atoms with Gasteiger partial charge >= 0.3 is 0 Å². The van der Waals surface area contributed by atoms with Gasteiger partial charge in [0.15, 0.2) is 0 Å². The average Bonchev–Trinajstić information content (AvgIpc) is 2.46. The molecule has 5 heteroatoms. The Balaban J connectivity index is 1.99. The van der Waals surface area contributed by atoms with Crippen molar-refractivity contribution in [1.82, 2.24) is 10.3 Å². The Bertz CT molecular complexity index is 569. The largest absolute Gasteiger partial charge is 0.373 e. The maximum absolute atomic E-state index is 11.9. The lowest BCUT2D eigenvalue weighted by Gasteiger charge is -2.06. The van der Waals surface area contributed by atoms with Crippen LogP contribution in [0.25, 0.3) is 0 Å². The first-order valence-corrected chi connectivity index (χ1v) is 6.66. The van der Waals surface area contributed by atoms with Crippen LogP contribution >= 0.6 is 15.9 Å². The van der Waals surface area contributed by atoms with Crippen molar-refractivity contribution in [2.45, 2.75) is 6.54 Å². The Morgan fingerprint density at radius 1 is 1.21 bits per heavy atom. The molecule has 0 bridgehead atoms. The van der Waals surface area contributed by atoms with Crippen molar-refractivity contribution in [2.75, 3.05) is 12.4 Å². The van der Waals surface area contributed by atoms with Gasteiger partial charge in [-0.05, 0) is 29.8 Å². The van der Waals surface area contributed by atoms with E-state index in [1.165, 1.54) is 0 Å². The van der Waals surface area contributed by atoms with Crippen molar-refractivity contribution in [3.8, 4) is 0 Å². The smallest absolute Gasteiger partial charge is 0.270 e. The zero-order chi connectivity index (χ0) is 13.7. The molecule has 1 aromatic carbocycles. The van der Waals surface area contributed by atoms with Crippen LogP contribution in [0, 0.1) is 0 Å². The maximum Gasteiger partial charge on any atom is 0.270 e. The lowest BCUT2D eigenvalue weighted by molar-refractivity contribution is 0.0946. The molecule has 0 saturated heterocycles. The van der Waals surface area contributed by atoms with Crippen LogP contribution in [0.2, 0.25) is 0 Å². The molecule has 0 atom stereocenters. The number of benzene rings is 1. The number of carbonyl (C=O) groups is 1. The monoisotopic (exact) mass is 319 g/mol. The minimum absolute atomic E-state index is 0.181. The molecule has 0 unspecified atom stereocenters. The van der Waals surface area contributed by atoms with Crippen LogP contribution in [-0.2, 0) is 6.54 Å². The van der Waals surface area contributed by atoms with E-state index < -0.39 is 0 Å². The van der Waals surface area contributed by atoms with E-state index >= 15 is 0 Å². The van der Waals surface area contributed by atoms with Crippen LogP contribution in [0.1, 0.15) is 16.1 Å². The third-order valence-corrected chi connectivity index (χ3v) is 3.13. The molecular formula is C14H14BrN3O. The summed E-state index contributed by atoms with van der Waals surface area (Å²) in [7, 11) is 1.77. The summed E-state index contributed by atoms with van der Waals surface area (Å²) < 4.78 is 1.02. The minimum atomic E-state index is -0.181. The molecule has 0 radical (unpaired) electrons. The van der Waals surface area contributed by atoms with Gasteiger partial charge in [-0.1, -0.05) is 34.1 Å². The maximum atomic E-state index is 11.9. The average molecular weight is 320 g/mol. The molecule has 0 aliphatic rings. The predicted molar refractivity (Wildman–Crippen MR) is 79.1 cm³/mol. The van der Waals surface area contributed by atoms with E-state index in [1.54, 1.807) is 19.2 Å². The molecule has 98 valence electrons. The van der Waals surface area contributed by atoms with Gasteiger partial charge in [0.05, 0.1) is 0 Å². The van der Waals surface area contributed by atoms with Crippen LogP contribution in [0.3, 0.4) is 0 Å². The standard InChI is InChI=1S/C14H14BrN3O/c1-16-13-4-2-3-12(18-13)14(19)17-9-10-5-7-11(15)8-6-10/h2-8H,9H2,1H3,(H,16,18)(H,17,19). The summed E-state index contributed by atoms with van der Waals surface area (Å²) in [4.78, 5) is 16.1. The predicted octanol–water partition coefficient (Wildman–Crippen LogP) is 2.82. The summed E-state index contributed by atoms with van der Waals surface area (Å²) in [5.41, 5.74) is 1.45. The third-order valence-electron chi connectivity index (χ3n) is 2.60. The first-order valence-electron chi connectivity index (χ1n) is 5.86. The fourth-order valence-corrected chi connectivity index (χ4v) is 1.84. The van der Waals surface area contributed by atoms with Gasteiger partial charge < -0.3 is 10.6 Å². The Hall–Kier alpha value is -1.88. The van der Waals surface area contributed by atoms with Crippen molar-refractivity contribution in [3.63, 3.8) is 0 Å². The van der Waals surface area contributed by atoms with Crippen LogP contribution < -0.4 is 10.6 Å². The number of rotatable bonds is 4. The number of anilines is 1. The molecule has 19 heavy (non-hydrogen) atoms. The summed E-state index contributed by atoms with van der Waals surface area (Å²) in [5.74, 6) is 0.497. The number of carbonyl (C=O) groups excluding carboxylic acids is 1. The highest BCUT2D eigenvalue weighted by atomic mass is 79.9. The number of nitrogens with zero attached hydrogens (tertiary/aromatic N) is 1. The van der Waals surface area contributed by atoms with Gasteiger partial charge in [0, 0.05) is 18.1 Å². The van der Waals surface area contributed by atoms with E-state index in [0.717, 1.165) is 10.0 Å². The molecule has 1 amide bonds. The van der Waals surface area contributed by atoms with Crippen LogP contribution in [-0.4, -0.2) is 17.9 Å². The molecule has 0 aliphatic heterocycles. The first-order chi connectivity index (χ1) is 9.19. The molecule has 4 nitrogen and oxygen atoms in total. The lowest BCUT2D eigenvalue weighted by atomic mass is 10.2. The second-order valence-corrected chi connectivity index (χ2v) is 4.88. The lowest BCUT2D eigenvalue weighted by Crippen LogP contribution is -2.23. The molecule has 1 heterocycles. The van der Waals surface area contributed by atoms with Gasteiger partial charge in [0.2, 0.25) is 0 Å². The number of hydrogen-bond donors (Lipinski definition) is 2. The van der Waals surface area contributed by atoms with E-state index in [-0.39, 0.29) is 5.91 Å². The van der Waals surface area contributed by atoms with Gasteiger partial charge in [-0.3, -0.25) is 4.79 Å². The minimum Gasteiger partial charge on any atom is -0.373 e. The molecule has 1 aromatic heterocycles. The summed E-state index contributed by atoms with van der Waals surface area (Å²) in [6, 6.07) is 13.1. The highest BCUT2D eigenvalue weighted by Crippen LogP contribution is 2.10. The Morgan fingerprint density at radius 3 is 2.63 bits per heavy atom. The van der Waals surface area contributed by atoms with Crippen molar-refractivity contribution in [2.24, 2.45) is 0 Å². The van der Waals surface area contributed by atoms with Crippen LogP contribution in [0.5, 0.6) is 0 Å². The molecule has 0 aliphatic carbocycles. The van der Waals surface area contributed by atoms with Crippen LogP contribution in [0.4, 0.5) is 5.82 Å². The third kappa shape index (κ3) is 3.79. The topological polar surface area (TPSA) is 54.0 Å². The van der Waals surface area contributed by atoms with E-state index in [4.69, 9.17) is 0 Å². The highest BCUT2D eigenvalue weighted by molar-refractivity contribution is 9.10. The Labute approximate surface area is 120 Å². The molecule has 0 saturated carbocycles. The number of halogens is 1. The van der Waals surface area contributed by atoms with Gasteiger partial charge in [-0.25, -0.2) is 4.98 Å². The molecular weight excluding hydrogens is 306 g/mol. The second kappa shape index (κ2) is 6.33. The van der Waals surface area contributed by atoms with Crippen molar-refractivity contribution in [1.29, 1.82) is 0 Å². The zero-order valence-corrected chi connectivity index (χ0v) is 12.1. The summed E-state index contributed by atoms with van der Waals surface area (Å²) >= 11 is 3.37. The first kappa shape index (κ1) is 13.5. The van der Waals surface area contributed by atoms with Crippen molar-refractivity contribution in [3.05, 3.63) is 58.2 Å². The van der Waals surface area contributed by atoms with E-state index in [9.17, 15) is 4.79 Å². The fraction of sp³-hybridized carbons (Fsp3) is 0.143. The van der Waals surface area contributed by atoms with Crippen molar-refractivity contribution >= 4 is 27.7 Å². The number of aromatic nitrogens is 1. The highest BCUT2D eigenvalue weighted by Gasteiger charge is 2.07. The van der Waals surface area contributed by atoms with E-state index in [2.05, 4.69) is 31.5 Å². The molecule has 0 fully saturated rings. The Kier molecular flexibility index (Phi) is 4.52. The molecule has 0 spiro atoms. The van der Waals surface area contributed by atoms with Gasteiger partial charge in [-0.2, -0.15) is 0 Å². The number of nitrogens with one attached hydrogen (secondary N) is 2. The van der Waals surface area contributed by atoms with Crippen LogP contribution in [0.15, 0.2) is 46.9 Å². The fourth-order valence-electron chi connectivity index (χ4n) is 1.58. The summed E-state index contributed by atoms with van der Waals surface area (Å²) in [5, 5.41) is 5.75. The molecule has 2 rings (SSSR count). The normalized spacial score (nSPS) is 10.0. The summed E-state index contributed by atoms with van der Waals surface area (Å²) in [6.45, 7) is 0.484. The quantitative estimate of drug-likeness (QED) is 0.911. The van der Waals surface area contributed by atoms with Gasteiger partial charge in [-0.15, -0.1) is 0 Å².